The van der Waals surface area contributed by atoms with Crippen LogP contribution < -0.4 is 10.0 Å². The SMILES string of the molecule is CCI.CC[n+]1ccc(-c2ccc(/C(C#N)=C/c3ccc(C#Cc4ccccc4)cc3)cc2)cc1.F[P-](F)(F)(F)(F)F.N#C/C(=C\c1ccc(C#Cc2ccccc2)cc1)c1ccc(-c2ccncc2)cc1.N#C/C(=C\c1ccc(C#Cc2ccccc2)cc1)c1ccc(Br)cc1.N#CCc1ccc(Br)cc1.O=Cc1ccc(C#Cc2ccccc2)cc1.OB(O)c1ccncc1. The zero-order valence-electron chi connectivity index (χ0n) is 71.2. The summed E-state index contributed by atoms with van der Waals surface area (Å²) < 4.78 is 64.6. The maximum Gasteiger partial charge on any atom is 0.488 e. The van der Waals surface area contributed by atoms with Crippen LogP contribution in [0.3, 0.4) is 0 Å². The van der Waals surface area contributed by atoms with Crippen LogP contribution in [0.15, 0.2) is 398 Å². The number of carbonyl (C=O) groups is 1. The van der Waals surface area contributed by atoms with Crippen molar-refractivity contribution in [3.05, 3.63) is 487 Å². The Morgan fingerprint density at radius 3 is 0.871 bits per heavy atom. The van der Waals surface area contributed by atoms with Crippen LogP contribution in [0.1, 0.15) is 108 Å². The van der Waals surface area contributed by atoms with Gasteiger partial charge < -0.3 is 10.0 Å². The minimum Gasteiger partial charge on any atom is -0.423 e. The molecule has 15 rings (SSSR count). The van der Waals surface area contributed by atoms with Crippen LogP contribution in [0.2, 0.25) is 0 Å². The molecule has 0 aliphatic rings. The van der Waals surface area contributed by atoms with E-state index >= 15 is 0 Å². The van der Waals surface area contributed by atoms with Crippen molar-refractivity contribution in [1.82, 2.24) is 9.97 Å². The molecule has 2 N–H and O–H groups in total. The first-order valence-electron chi connectivity index (χ1n) is 40.5. The number of aldehydes is 1. The van der Waals surface area contributed by atoms with Gasteiger partial charge in [0.1, 0.15) is 12.8 Å². The van der Waals surface area contributed by atoms with Gasteiger partial charge in [-0.05, 0) is 242 Å². The Bertz CT molecular complexity index is 6730. The third-order valence-electron chi connectivity index (χ3n) is 17.9. The van der Waals surface area contributed by atoms with Gasteiger partial charge in [0.05, 0.1) is 47.4 Å². The first-order chi connectivity index (χ1) is 63.7. The summed E-state index contributed by atoms with van der Waals surface area (Å²) in [5.41, 5.74) is 21.9. The van der Waals surface area contributed by atoms with Crippen molar-refractivity contribution in [3.63, 3.8) is 0 Å². The molecule has 0 spiro atoms. The van der Waals surface area contributed by atoms with Crippen LogP contribution in [0.5, 0.6) is 0 Å². The summed E-state index contributed by atoms with van der Waals surface area (Å²) in [6, 6.07) is 122. The van der Waals surface area contributed by atoms with Crippen LogP contribution in [-0.4, -0.2) is 37.8 Å². The quantitative estimate of drug-likeness (QED) is 0.0115. The molecule has 0 radical (unpaired) electrons. The van der Waals surface area contributed by atoms with Crippen molar-refractivity contribution >= 4 is 116 Å². The fraction of sp³-hybridized carbons (Fsp3) is 0.0450. The molecule has 0 atom stereocenters. The van der Waals surface area contributed by atoms with E-state index in [-0.39, 0.29) is 0 Å². The third kappa shape index (κ3) is 40.5. The van der Waals surface area contributed by atoms with E-state index in [1.165, 1.54) is 16.8 Å². The number of nitrogens with zero attached hydrogens (tertiary/aromatic N) is 7. The zero-order valence-corrected chi connectivity index (χ0v) is 77.5. The van der Waals surface area contributed by atoms with Gasteiger partial charge in [0.2, 0.25) is 0 Å². The summed E-state index contributed by atoms with van der Waals surface area (Å²) in [7, 11) is -12.0. The molecule has 650 valence electrons. The second-order valence-electron chi connectivity index (χ2n) is 27.7. The molecule has 0 saturated carbocycles. The van der Waals surface area contributed by atoms with E-state index in [0.29, 0.717) is 34.2 Å². The number of pyridine rings is 3. The third-order valence-corrected chi connectivity index (χ3v) is 19.0. The van der Waals surface area contributed by atoms with Crippen LogP contribution in [0, 0.1) is 92.7 Å². The van der Waals surface area contributed by atoms with E-state index in [1.54, 1.807) is 36.7 Å². The Hall–Kier alpha value is -15.1. The number of carbonyl (C=O) groups excluding carboxylic acids is 1. The average molecular weight is 2000 g/mol. The van der Waals surface area contributed by atoms with Gasteiger partial charge in [-0.2, -0.15) is 21.0 Å². The number of hydrogen-bond donors (Lipinski definition) is 2. The minimum absolute atomic E-state index is 0.463. The van der Waals surface area contributed by atoms with E-state index < -0.39 is 14.9 Å². The number of alkyl halides is 1. The number of hydrogen-bond acceptors (Lipinski definition) is 9. The summed E-state index contributed by atoms with van der Waals surface area (Å²) in [4.78, 5) is 18.2. The number of halogens is 9. The fourth-order valence-corrected chi connectivity index (χ4v) is 11.8. The molecule has 0 unspecified atom stereocenters. The van der Waals surface area contributed by atoms with Crippen LogP contribution >= 0.6 is 62.3 Å². The Morgan fingerprint density at radius 2 is 0.614 bits per heavy atom. The number of rotatable bonds is 12. The predicted octanol–water partition coefficient (Wildman–Crippen LogP) is 27.2. The second kappa shape index (κ2) is 53.6. The molecule has 0 fully saturated rings. The standard InChI is InChI=1S/C30H23N2.C28H18N2.C23H14BrN.C15H10O.C8H6BrN.C5H6BNO2.C2H5I.F6P/c1-2-32-20-18-29(19-21-32)27-14-16-28(17-15-27)30(23-31)22-26-12-10-25(11-13-26)9-8-24-6-4-3-5-7-24;29-21-28(26-14-12-25(13-15-26)27-16-18-30-19-17-27)20-24-10-8-23(9-11-24)7-6-22-4-2-1-3-5-22;24-23-14-12-21(13-15-23)22(17-25)16-20-10-8-19(9-11-20)7-6-18-4-2-1-3-5-18;16-12-15-10-8-14(9-11-15)7-6-13-4-2-1-3-5-13;9-8-3-1-7(2-4-8)5-6-10;8-6(9)5-1-3-7-4-2-5;1-2-3;1-7(2,3,4,5)6/h3-7,10-22H,2H2,1H3;1-5,8-20H;1-5,8-16H;1-5,8-12H;1-4H,5H2;1-4,8-9H;2H2,1H3;/q+1;;;;;;;-1/b30-22+;28-20+;22-16+;;;;;. The summed E-state index contributed by atoms with van der Waals surface area (Å²) in [6.45, 7) is 5.19. The molecule has 3 aromatic heterocycles. The topological polar surface area (TPSA) is 182 Å². The number of nitriles is 4. The summed E-state index contributed by atoms with van der Waals surface area (Å²) in [5.74, 6) is 25.1. The Kier molecular flexibility index (Phi) is 41.5. The molecule has 0 aliphatic carbocycles. The van der Waals surface area contributed by atoms with Gasteiger partial charge in [-0.15, -0.1) is 0 Å². The monoisotopic (exact) mass is 2000 g/mol. The molecular formula is C111H82BBr2F6IN7O3P. The van der Waals surface area contributed by atoms with Crippen LogP contribution in [0.25, 0.3) is 57.2 Å². The largest absolute Gasteiger partial charge is 0.488 e. The fourth-order valence-electron chi connectivity index (χ4n) is 11.3. The smallest absolute Gasteiger partial charge is 0.423 e. The van der Waals surface area contributed by atoms with Crippen molar-refractivity contribution in [2.24, 2.45) is 0 Å². The van der Waals surface area contributed by atoms with Crippen molar-refractivity contribution in [3.8, 4) is 93.9 Å². The van der Waals surface area contributed by atoms with Gasteiger partial charge in [-0.3, -0.25) is 14.8 Å². The number of allylic oxidation sites excluding steroid dienone is 3. The molecule has 132 heavy (non-hydrogen) atoms. The van der Waals surface area contributed by atoms with E-state index in [9.17, 15) is 45.8 Å². The van der Waals surface area contributed by atoms with E-state index in [1.807, 2.05) is 322 Å². The first-order valence-corrected chi connectivity index (χ1v) is 45.7. The maximum absolute atomic E-state index is 10.7. The van der Waals surface area contributed by atoms with Crippen molar-refractivity contribution in [2.75, 3.05) is 4.43 Å². The van der Waals surface area contributed by atoms with Gasteiger partial charge >= 0.3 is 40.1 Å². The number of aromatic nitrogens is 3. The zero-order chi connectivity index (χ0) is 94.7. The maximum atomic E-state index is 10.5. The first kappa shape index (κ1) is 102. The van der Waals surface area contributed by atoms with Crippen molar-refractivity contribution < 1.29 is 44.6 Å². The van der Waals surface area contributed by atoms with Crippen molar-refractivity contribution in [1.29, 1.82) is 21.0 Å². The molecule has 0 saturated heterocycles. The molecule has 15 aromatic rings. The number of aryl methyl sites for hydroxylation is 1. The molecule has 21 heteroatoms. The van der Waals surface area contributed by atoms with Crippen LogP contribution in [0.4, 0.5) is 25.2 Å². The molecule has 12 aromatic carbocycles. The van der Waals surface area contributed by atoms with Gasteiger partial charge in [0.25, 0.3) is 0 Å². The molecule has 10 nitrogen and oxygen atoms in total. The van der Waals surface area contributed by atoms with Crippen LogP contribution in [-0.2, 0) is 13.0 Å². The minimum atomic E-state index is -10.7. The Morgan fingerprint density at radius 1 is 0.364 bits per heavy atom. The van der Waals surface area contributed by atoms with E-state index in [4.69, 9.17) is 15.3 Å². The predicted molar refractivity (Wildman–Crippen MR) is 539 cm³/mol. The molecular weight excluding hydrogens is 1920 g/mol. The Balaban J connectivity index is 0.000000199. The second-order valence-corrected chi connectivity index (χ2v) is 33.0. The average Bonchev–Trinajstić information content (AvgIpc) is 0.787. The van der Waals surface area contributed by atoms with E-state index in [0.717, 1.165) is 127 Å². The summed E-state index contributed by atoms with van der Waals surface area (Å²) >= 11 is 9.01. The van der Waals surface area contributed by atoms with Crippen molar-refractivity contribution in [2.45, 2.75) is 26.8 Å². The molecule has 0 bridgehead atoms. The van der Waals surface area contributed by atoms with Gasteiger partial charge in [0, 0.05) is 95.9 Å². The molecule has 3 heterocycles. The molecule has 0 aliphatic heterocycles. The summed E-state index contributed by atoms with van der Waals surface area (Å²) in [6.07, 6.45) is 17.7. The van der Waals surface area contributed by atoms with Gasteiger partial charge in [-0.25, -0.2) is 4.57 Å². The van der Waals surface area contributed by atoms with Gasteiger partial charge in [-0.1, -0.05) is 303 Å². The normalized spacial score (nSPS) is 10.7. The summed E-state index contributed by atoms with van der Waals surface area (Å²) in [5, 5.41) is 54.2. The number of benzene rings is 12. The Labute approximate surface area is 797 Å². The van der Waals surface area contributed by atoms with Gasteiger partial charge in [0.15, 0.2) is 12.4 Å². The molecule has 0 amide bonds. The van der Waals surface area contributed by atoms with E-state index in [2.05, 4.69) is 191 Å².